The SMILES string of the molecule is OB(O)O.OB(O)O.OB(O)O.OB(O)O.[AsH3]. The van der Waals surface area contributed by atoms with E-state index in [2.05, 4.69) is 0 Å². The zero-order valence-electron chi connectivity index (χ0n) is 8.38. The summed E-state index contributed by atoms with van der Waals surface area (Å²) in [6.07, 6.45) is 0. The Morgan fingerprint density at radius 1 is 0.294 bits per heavy atom. The maximum absolute atomic E-state index is 7.17. The molecule has 0 amide bonds. The molecular formula is H15AsB4O12. The molecule has 0 heterocycles. The van der Waals surface area contributed by atoms with Gasteiger partial charge in [0.2, 0.25) is 0 Å². The van der Waals surface area contributed by atoms with Crippen molar-refractivity contribution in [3.8, 4) is 0 Å². The van der Waals surface area contributed by atoms with Crippen molar-refractivity contribution in [1.29, 1.82) is 0 Å². The Hall–Kier alpha value is 0.338. The molecule has 17 heavy (non-hydrogen) atoms. The summed E-state index contributed by atoms with van der Waals surface area (Å²) in [5, 5.41) is 86.0. The summed E-state index contributed by atoms with van der Waals surface area (Å²) in [5.41, 5.74) is 0. The van der Waals surface area contributed by atoms with Gasteiger partial charge >= 0.3 is 47.2 Å². The molecule has 104 valence electrons. The van der Waals surface area contributed by atoms with Crippen LogP contribution in [0.3, 0.4) is 0 Å². The van der Waals surface area contributed by atoms with Crippen LogP contribution in [0.25, 0.3) is 0 Å². The molecule has 1 atom stereocenters. The van der Waals surface area contributed by atoms with Crippen LogP contribution in [0.2, 0.25) is 0 Å². The van der Waals surface area contributed by atoms with Crippen molar-refractivity contribution in [2.45, 2.75) is 0 Å². The summed E-state index contributed by atoms with van der Waals surface area (Å²) in [6, 6.07) is 0. The fourth-order valence-electron chi connectivity index (χ4n) is 0. The summed E-state index contributed by atoms with van der Waals surface area (Å²) in [6.45, 7) is 0. The van der Waals surface area contributed by atoms with E-state index in [1.54, 1.807) is 0 Å². The van der Waals surface area contributed by atoms with Crippen molar-refractivity contribution < 1.29 is 60.3 Å². The zero-order valence-corrected chi connectivity index (χ0v) is 11.4. The second-order valence-corrected chi connectivity index (χ2v) is 1.39. The molecule has 0 aliphatic heterocycles. The fourth-order valence-corrected chi connectivity index (χ4v) is 0. The number of rotatable bonds is 0. The van der Waals surface area contributed by atoms with Crippen LogP contribution in [-0.4, -0.2) is 108 Å². The standard InChI is InChI=1S/AsH3.4BH3O3/c;4*2-1(3)4/h1H3;4*2-4H. The van der Waals surface area contributed by atoms with E-state index in [1.807, 2.05) is 0 Å². The van der Waals surface area contributed by atoms with Crippen molar-refractivity contribution in [1.82, 2.24) is 0 Å². The van der Waals surface area contributed by atoms with Gasteiger partial charge in [-0.25, -0.2) is 0 Å². The molecule has 0 rings (SSSR count). The van der Waals surface area contributed by atoms with E-state index in [0.717, 1.165) is 0 Å². The van der Waals surface area contributed by atoms with E-state index in [4.69, 9.17) is 60.3 Å². The Morgan fingerprint density at radius 2 is 0.294 bits per heavy atom. The molecule has 12 nitrogen and oxygen atoms in total. The van der Waals surface area contributed by atoms with E-state index in [-0.39, 0.29) is 18.0 Å². The molecule has 0 fully saturated rings. The summed E-state index contributed by atoms with van der Waals surface area (Å²) in [5.74, 6) is 0. The fraction of sp³-hybridized carbons (Fsp3) is 0. The molecule has 0 aliphatic rings. The summed E-state index contributed by atoms with van der Waals surface area (Å²) in [7, 11) is -8.67. The van der Waals surface area contributed by atoms with Crippen LogP contribution in [0.15, 0.2) is 0 Å². The second-order valence-electron chi connectivity index (χ2n) is 1.39. The van der Waals surface area contributed by atoms with Crippen LogP contribution in [0, 0.1) is 0 Å². The topological polar surface area (TPSA) is 243 Å². The van der Waals surface area contributed by atoms with Crippen LogP contribution >= 0.6 is 0 Å². The molecular weight excluding hydrogens is 310 g/mol. The number of hydrogen-bond donors (Lipinski definition) is 12. The molecule has 0 radical (unpaired) electrons. The van der Waals surface area contributed by atoms with Gasteiger partial charge < -0.3 is 60.3 Å². The van der Waals surface area contributed by atoms with Crippen LogP contribution in [0.4, 0.5) is 0 Å². The maximum atomic E-state index is 7.17. The van der Waals surface area contributed by atoms with Crippen molar-refractivity contribution in [3.05, 3.63) is 0 Å². The first-order valence-corrected chi connectivity index (χ1v) is 3.10. The van der Waals surface area contributed by atoms with Crippen molar-refractivity contribution in [2.24, 2.45) is 0 Å². The van der Waals surface area contributed by atoms with Crippen LogP contribution in [0.5, 0.6) is 0 Å². The molecule has 0 aromatic rings. The van der Waals surface area contributed by atoms with Crippen molar-refractivity contribution in [3.63, 3.8) is 0 Å². The van der Waals surface area contributed by atoms with Gasteiger partial charge in [0.15, 0.2) is 0 Å². The first-order valence-electron chi connectivity index (χ1n) is 3.10. The summed E-state index contributed by atoms with van der Waals surface area (Å²) >= 11 is 0. The Bertz CT molecular complexity index is 61.5. The van der Waals surface area contributed by atoms with Gasteiger partial charge in [0.1, 0.15) is 0 Å². The molecule has 0 spiro atoms. The van der Waals surface area contributed by atoms with Gasteiger partial charge in [0.05, 0.1) is 0 Å². The Labute approximate surface area is 108 Å². The Balaban J connectivity index is -0.0000000369. The number of hydrogen-bond acceptors (Lipinski definition) is 12. The first kappa shape index (κ1) is 30.4. The molecule has 1 unspecified atom stereocenters. The van der Waals surface area contributed by atoms with E-state index < -0.39 is 29.3 Å². The molecule has 17 heteroatoms. The van der Waals surface area contributed by atoms with Gasteiger partial charge in [0.25, 0.3) is 0 Å². The van der Waals surface area contributed by atoms with E-state index >= 15 is 0 Å². The minimum atomic E-state index is -2.17. The quantitative estimate of drug-likeness (QED) is 0.186. The minimum absolute atomic E-state index is 0. The van der Waals surface area contributed by atoms with Gasteiger partial charge in [-0.1, -0.05) is 0 Å². The molecule has 12 N–H and O–H groups in total. The molecule has 0 saturated heterocycles. The third-order valence-electron chi connectivity index (χ3n) is 0. The van der Waals surface area contributed by atoms with Crippen LogP contribution in [-0.2, 0) is 0 Å². The third kappa shape index (κ3) is 29400. The van der Waals surface area contributed by atoms with Crippen LogP contribution in [0.1, 0.15) is 0 Å². The summed E-state index contributed by atoms with van der Waals surface area (Å²) < 4.78 is 0. The molecule has 0 aromatic heterocycles. The average Bonchev–Trinajstić information content (AvgIpc) is 1.76. The average molecular weight is 325 g/mol. The Morgan fingerprint density at radius 3 is 0.294 bits per heavy atom. The van der Waals surface area contributed by atoms with Gasteiger partial charge in [0, 0.05) is 0 Å². The van der Waals surface area contributed by atoms with Gasteiger partial charge in [-0.3, -0.25) is 0 Å². The Kier molecular flexibility index (Phi) is 45.2. The van der Waals surface area contributed by atoms with Crippen molar-refractivity contribution >= 4 is 47.2 Å². The van der Waals surface area contributed by atoms with E-state index in [1.165, 1.54) is 0 Å². The molecule has 0 aromatic carbocycles. The van der Waals surface area contributed by atoms with Gasteiger partial charge in [-0.15, -0.1) is 0 Å². The predicted molar refractivity (Wildman–Crippen MR) is 59.6 cm³/mol. The monoisotopic (exact) mass is 326 g/mol. The molecule has 0 saturated carbocycles. The third-order valence-corrected chi connectivity index (χ3v) is 0. The molecule has 0 aliphatic carbocycles. The van der Waals surface area contributed by atoms with Crippen LogP contribution < -0.4 is 0 Å². The zero-order chi connectivity index (χ0) is 14.3. The van der Waals surface area contributed by atoms with E-state index in [0.29, 0.717) is 0 Å². The van der Waals surface area contributed by atoms with E-state index in [9.17, 15) is 0 Å². The summed E-state index contributed by atoms with van der Waals surface area (Å²) in [4.78, 5) is 0. The van der Waals surface area contributed by atoms with Crippen molar-refractivity contribution in [2.75, 3.05) is 0 Å². The first-order chi connectivity index (χ1) is 6.93. The van der Waals surface area contributed by atoms with Gasteiger partial charge in [-0.05, 0) is 0 Å². The normalized spacial score (nSPS) is 6.35. The predicted octanol–water partition coefficient (Wildman–Crippen LogP) is -9.39. The second kappa shape index (κ2) is 25.2. The van der Waals surface area contributed by atoms with Gasteiger partial charge in [-0.2, -0.15) is 0 Å². The molecule has 0 bridgehead atoms.